The Morgan fingerprint density at radius 1 is 1.43 bits per heavy atom. The summed E-state index contributed by atoms with van der Waals surface area (Å²) in [7, 11) is 0. The molecule has 1 heterocycles. The van der Waals surface area contributed by atoms with Crippen LogP contribution in [0.15, 0.2) is 28.9 Å². The van der Waals surface area contributed by atoms with Crippen molar-refractivity contribution < 1.29 is 14.3 Å². The van der Waals surface area contributed by atoms with Gasteiger partial charge in [0.2, 0.25) is 0 Å². The van der Waals surface area contributed by atoms with Gasteiger partial charge in [-0.25, -0.2) is 0 Å². The van der Waals surface area contributed by atoms with Crippen LogP contribution in [0.5, 0.6) is 5.75 Å². The van der Waals surface area contributed by atoms with Crippen molar-refractivity contribution in [2.24, 2.45) is 0 Å². The van der Waals surface area contributed by atoms with Crippen LogP contribution >= 0.6 is 0 Å². The second kappa shape index (κ2) is 3.72. The number of furan rings is 1. The lowest BCUT2D eigenvalue weighted by Gasteiger charge is -1.98. The first-order valence-corrected chi connectivity index (χ1v) is 4.58. The van der Waals surface area contributed by atoms with Crippen LogP contribution in [0.3, 0.4) is 0 Å². The molecule has 2 aromatic rings. The van der Waals surface area contributed by atoms with Gasteiger partial charge >= 0.3 is 0 Å². The van der Waals surface area contributed by atoms with E-state index in [9.17, 15) is 5.11 Å². The Morgan fingerprint density at radius 2 is 2.29 bits per heavy atom. The number of benzene rings is 1. The topological polar surface area (TPSA) is 42.6 Å². The molecule has 0 amide bonds. The highest BCUT2D eigenvalue weighted by molar-refractivity contribution is 5.85. The molecule has 14 heavy (non-hydrogen) atoms. The summed E-state index contributed by atoms with van der Waals surface area (Å²) < 4.78 is 10.5. The van der Waals surface area contributed by atoms with Crippen LogP contribution in [0.4, 0.5) is 0 Å². The van der Waals surface area contributed by atoms with Gasteiger partial charge < -0.3 is 14.3 Å². The molecule has 0 fully saturated rings. The van der Waals surface area contributed by atoms with Crippen molar-refractivity contribution in [3.63, 3.8) is 0 Å². The first-order chi connectivity index (χ1) is 6.83. The Kier molecular flexibility index (Phi) is 2.41. The molecule has 0 bridgehead atoms. The first-order valence-electron chi connectivity index (χ1n) is 4.58. The summed E-state index contributed by atoms with van der Waals surface area (Å²) in [5.41, 5.74) is 1.50. The summed E-state index contributed by atoms with van der Waals surface area (Å²) in [6.07, 6.45) is 1.63. The van der Waals surface area contributed by atoms with Crippen molar-refractivity contribution in [3.05, 3.63) is 30.0 Å². The van der Waals surface area contributed by atoms with E-state index < -0.39 is 0 Å². The van der Waals surface area contributed by atoms with E-state index in [0.29, 0.717) is 18.8 Å². The number of rotatable bonds is 3. The minimum absolute atomic E-state index is 0.172. The van der Waals surface area contributed by atoms with Gasteiger partial charge in [-0.15, -0.1) is 0 Å². The third-order valence-corrected chi connectivity index (χ3v) is 2.12. The zero-order chi connectivity index (χ0) is 9.97. The van der Waals surface area contributed by atoms with Crippen LogP contribution in [0, 0.1) is 0 Å². The molecular weight excluding hydrogens is 180 g/mol. The van der Waals surface area contributed by atoms with Crippen LogP contribution < -0.4 is 0 Å². The summed E-state index contributed by atoms with van der Waals surface area (Å²) in [6.45, 7) is 3.14. The first kappa shape index (κ1) is 9.09. The Morgan fingerprint density at radius 3 is 3.07 bits per heavy atom. The van der Waals surface area contributed by atoms with Gasteiger partial charge in [0, 0.05) is 17.6 Å². The fourth-order valence-corrected chi connectivity index (χ4v) is 1.42. The maximum atomic E-state index is 9.48. The highest BCUT2D eigenvalue weighted by Crippen LogP contribution is 2.28. The monoisotopic (exact) mass is 192 g/mol. The van der Waals surface area contributed by atoms with E-state index in [-0.39, 0.29) is 5.75 Å². The Balaban J connectivity index is 2.42. The molecule has 1 aromatic carbocycles. The third-order valence-electron chi connectivity index (χ3n) is 2.12. The van der Waals surface area contributed by atoms with Crippen LogP contribution in [0.2, 0.25) is 0 Å². The predicted molar refractivity (Wildman–Crippen MR) is 53.2 cm³/mol. The Hall–Kier alpha value is -1.48. The summed E-state index contributed by atoms with van der Waals surface area (Å²) >= 11 is 0. The number of ether oxygens (including phenoxy) is 1. The van der Waals surface area contributed by atoms with Gasteiger partial charge in [-0.1, -0.05) is 12.1 Å². The van der Waals surface area contributed by atoms with Gasteiger partial charge in [-0.2, -0.15) is 0 Å². The maximum absolute atomic E-state index is 9.48. The molecular formula is C11H12O3. The molecule has 3 heteroatoms. The Labute approximate surface area is 81.9 Å². The molecule has 0 saturated carbocycles. The van der Waals surface area contributed by atoms with Gasteiger partial charge in [0.25, 0.3) is 0 Å². The maximum Gasteiger partial charge on any atom is 0.175 e. The smallest absolute Gasteiger partial charge is 0.175 e. The molecule has 1 N–H and O–H groups in total. The highest BCUT2D eigenvalue weighted by Gasteiger charge is 2.08. The number of phenolic OH excluding ortho intramolecular Hbond substituents is 1. The molecule has 2 rings (SSSR count). The van der Waals surface area contributed by atoms with Crippen molar-refractivity contribution in [2.45, 2.75) is 13.5 Å². The largest absolute Gasteiger partial charge is 0.504 e. The third kappa shape index (κ3) is 1.46. The molecule has 0 atom stereocenters. The quantitative estimate of drug-likeness (QED) is 0.812. The van der Waals surface area contributed by atoms with E-state index in [1.54, 1.807) is 18.4 Å². The average Bonchev–Trinajstić information content (AvgIpc) is 2.60. The van der Waals surface area contributed by atoms with Crippen molar-refractivity contribution in [1.82, 2.24) is 0 Å². The molecule has 0 aliphatic carbocycles. The van der Waals surface area contributed by atoms with Crippen LogP contribution in [0.25, 0.3) is 11.0 Å². The van der Waals surface area contributed by atoms with Gasteiger partial charge in [0.05, 0.1) is 12.9 Å². The molecule has 0 spiro atoms. The van der Waals surface area contributed by atoms with Gasteiger partial charge in [-0.05, 0) is 13.0 Å². The van der Waals surface area contributed by atoms with Crippen molar-refractivity contribution in [2.75, 3.05) is 6.61 Å². The Bertz CT molecular complexity index is 431. The number of phenols is 1. The molecule has 0 saturated heterocycles. The number of para-hydroxylation sites is 1. The van der Waals surface area contributed by atoms with E-state index in [4.69, 9.17) is 9.15 Å². The van der Waals surface area contributed by atoms with E-state index in [1.165, 1.54) is 0 Å². The van der Waals surface area contributed by atoms with Gasteiger partial charge in [-0.3, -0.25) is 0 Å². The summed E-state index contributed by atoms with van der Waals surface area (Å²) in [5, 5.41) is 10.4. The molecule has 0 aliphatic rings. The lowest BCUT2D eigenvalue weighted by molar-refractivity contribution is 0.134. The fraction of sp³-hybridized carbons (Fsp3) is 0.273. The number of hydrogen-bond acceptors (Lipinski definition) is 3. The average molecular weight is 192 g/mol. The predicted octanol–water partition coefficient (Wildman–Crippen LogP) is 2.67. The van der Waals surface area contributed by atoms with Crippen LogP contribution in [-0.4, -0.2) is 11.7 Å². The second-order valence-electron chi connectivity index (χ2n) is 3.05. The second-order valence-corrected chi connectivity index (χ2v) is 3.05. The molecule has 74 valence electrons. The van der Waals surface area contributed by atoms with Crippen LogP contribution in [0.1, 0.15) is 12.5 Å². The van der Waals surface area contributed by atoms with E-state index >= 15 is 0 Å². The molecule has 1 aromatic heterocycles. The van der Waals surface area contributed by atoms with Crippen molar-refractivity contribution in [1.29, 1.82) is 0 Å². The lowest BCUT2D eigenvalue weighted by Crippen LogP contribution is -1.89. The normalized spacial score (nSPS) is 10.9. The number of aromatic hydroxyl groups is 1. The summed E-state index contributed by atoms with van der Waals surface area (Å²) in [6, 6.07) is 5.31. The fourth-order valence-electron chi connectivity index (χ4n) is 1.42. The van der Waals surface area contributed by atoms with Crippen LogP contribution in [-0.2, 0) is 11.3 Å². The molecule has 0 unspecified atom stereocenters. The van der Waals surface area contributed by atoms with Gasteiger partial charge in [0.15, 0.2) is 11.3 Å². The lowest BCUT2D eigenvalue weighted by atomic mass is 10.2. The minimum atomic E-state index is 0.172. The highest BCUT2D eigenvalue weighted by atomic mass is 16.5. The molecule has 0 aliphatic heterocycles. The van der Waals surface area contributed by atoms with E-state index in [1.807, 2.05) is 13.0 Å². The summed E-state index contributed by atoms with van der Waals surface area (Å²) in [4.78, 5) is 0. The number of hydrogen-bond donors (Lipinski definition) is 1. The van der Waals surface area contributed by atoms with Gasteiger partial charge in [0.1, 0.15) is 0 Å². The summed E-state index contributed by atoms with van der Waals surface area (Å²) in [5.74, 6) is 0.172. The number of fused-ring (bicyclic) bond motifs is 1. The zero-order valence-electron chi connectivity index (χ0n) is 7.99. The minimum Gasteiger partial charge on any atom is -0.504 e. The standard InChI is InChI=1S/C11H12O3/c1-2-13-6-8-7-14-11-9(8)4-3-5-10(11)12/h3-5,7,12H,2,6H2,1H3. The zero-order valence-corrected chi connectivity index (χ0v) is 7.99. The SMILES string of the molecule is CCOCc1coc2c(O)cccc12. The van der Waals surface area contributed by atoms with E-state index in [0.717, 1.165) is 10.9 Å². The van der Waals surface area contributed by atoms with Crippen molar-refractivity contribution >= 4 is 11.0 Å². The van der Waals surface area contributed by atoms with Crippen molar-refractivity contribution in [3.8, 4) is 5.75 Å². The molecule has 3 nitrogen and oxygen atoms in total. The molecule has 0 radical (unpaired) electrons. The van der Waals surface area contributed by atoms with E-state index in [2.05, 4.69) is 0 Å².